The third-order valence-electron chi connectivity index (χ3n) is 2.85. The Labute approximate surface area is 128 Å². The quantitative estimate of drug-likeness (QED) is 0.887. The average molecular weight is 305 g/mol. The van der Waals surface area contributed by atoms with Gasteiger partial charge in [0.25, 0.3) is 0 Å². The van der Waals surface area contributed by atoms with Gasteiger partial charge in [0.05, 0.1) is 6.04 Å². The largest absolute Gasteiger partial charge is 0.347 e. The van der Waals surface area contributed by atoms with Gasteiger partial charge in [-0.1, -0.05) is 6.92 Å². The van der Waals surface area contributed by atoms with Crippen LogP contribution in [0.4, 0.5) is 11.9 Å². The summed E-state index contributed by atoms with van der Waals surface area (Å²) in [4.78, 5) is 26.5. The second kappa shape index (κ2) is 6.62. The van der Waals surface area contributed by atoms with E-state index in [1.165, 1.54) is 9.75 Å². The molecule has 2 aromatic rings. The molecule has 2 N–H and O–H groups in total. The summed E-state index contributed by atoms with van der Waals surface area (Å²) in [5.74, 6) is 1.20. The van der Waals surface area contributed by atoms with Gasteiger partial charge in [-0.2, -0.15) is 15.0 Å². The molecule has 0 spiro atoms. The lowest BCUT2D eigenvalue weighted by atomic mass is 10.3. The lowest BCUT2D eigenvalue weighted by Crippen LogP contribution is -2.16. The summed E-state index contributed by atoms with van der Waals surface area (Å²) in [6, 6.07) is 4.27. The molecule has 0 saturated carbocycles. The van der Waals surface area contributed by atoms with Crippen molar-refractivity contribution in [3.05, 3.63) is 27.7 Å². The summed E-state index contributed by atoms with van der Waals surface area (Å²) in [5, 5.41) is 5.89. The number of thiophene rings is 1. The molecule has 0 aliphatic rings. The van der Waals surface area contributed by atoms with Gasteiger partial charge in [0.15, 0.2) is 0 Å². The first-order chi connectivity index (χ1) is 9.97. The third kappa shape index (κ3) is 4.22. The number of nitrogens with zero attached hydrogens (tertiary/aromatic N) is 3. The number of hydrogen-bond acceptors (Lipinski definition) is 6. The number of carbonyl (C=O) groups excluding carboxylic acids is 1. The Morgan fingerprint density at radius 2 is 1.95 bits per heavy atom. The number of hydrogen-bond donors (Lipinski definition) is 2. The van der Waals surface area contributed by atoms with E-state index in [0.29, 0.717) is 18.2 Å². The Morgan fingerprint density at radius 1 is 1.24 bits per heavy atom. The molecule has 1 atom stereocenters. The lowest BCUT2D eigenvalue weighted by Gasteiger charge is -2.13. The summed E-state index contributed by atoms with van der Waals surface area (Å²) in [7, 11) is 0. The van der Waals surface area contributed by atoms with Crippen LogP contribution in [0.2, 0.25) is 0 Å². The Balaban J connectivity index is 2.14. The summed E-state index contributed by atoms with van der Waals surface area (Å²) in [5.41, 5.74) is 0. The van der Waals surface area contributed by atoms with Gasteiger partial charge in [0, 0.05) is 16.2 Å². The fourth-order valence-electron chi connectivity index (χ4n) is 1.77. The van der Waals surface area contributed by atoms with Gasteiger partial charge < -0.3 is 5.32 Å². The second-order valence-electron chi connectivity index (χ2n) is 4.75. The van der Waals surface area contributed by atoms with Gasteiger partial charge in [-0.25, -0.2) is 0 Å². The summed E-state index contributed by atoms with van der Waals surface area (Å²) in [6.07, 6.45) is 0.387. The molecule has 0 saturated heterocycles. The zero-order chi connectivity index (χ0) is 15.4. The standard InChI is InChI=1S/C14H19N5OS/c1-5-12(20)18-14-17-10(4)16-13(19-14)15-9(3)11-7-6-8(2)21-11/h6-7,9H,5H2,1-4H3,(H2,15,16,17,18,19,20). The van der Waals surface area contributed by atoms with E-state index in [-0.39, 0.29) is 17.9 Å². The van der Waals surface area contributed by atoms with Crippen LogP contribution in [-0.4, -0.2) is 20.9 Å². The minimum absolute atomic E-state index is 0.0974. The van der Waals surface area contributed by atoms with E-state index in [2.05, 4.69) is 51.6 Å². The van der Waals surface area contributed by atoms with Crippen molar-refractivity contribution in [3.8, 4) is 0 Å². The maximum atomic E-state index is 11.4. The molecule has 0 radical (unpaired) electrons. The van der Waals surface area contributed by atoms with Crippen LogP contribution in [0.15, 0.2) is 12.1 Å². The van der Waals surface area contributed by atoms with Crippen LogP contribution in [0.25, 0.3) is 0 Å². The predicted octanol–water partition coefficient (Wildman–Crippen LogP) is 3.07. The fourth-order valence-corrected chi connectivity index (χ4v) is 2.65. The van der Waals surface area contributed by atoms with E-state index in [9.17, 15) is 4.79 Å². The molecule has 2 aromatic heterocycles. The van der Waals surface area contributed by atoms with Gasteiger partial charge in [0.1, 0.15) is 5.82 Å². The van der Waals surface area contributed by atoms with Crippen molar-refractivity contribution in [2.45, 2.75) is 40.2 Å². The zero-order valence-electron chi connectivity index (χ0n) is 12.6. The number of nitrogens with one attached hydrogen (secondary N) is 2. The third-order valence-corrected chi connectivity index (χ3v) is 4.04. The number of carbonyl (C=O) groups is 1. The van der Waals surface area contributed by atoms with E-state index in [1.807, 2.05) is 0 Å². The lowest BCUT2D eigenvalue weighted by molar-refractivity contribution is -0.115. The minimum atomic E-state index is -0.117. The predicted molar refractivity (Wildman–Crippen MR) is 84.6 cm³/mol. The Bertz CT molecular complexity index is 640. The number of anilines is 2. The minimum Gasteiger partial charge on any atom is -0.347 e. The van der Waals surface area contributed by atoms with Crippen LogP contribution >= 0.6 is 11.3 Å². The van der Waals surface area contributed by atoms with Crippen LogP contribution < -0.4 is 10.6 Å². The monoisotopic (exact) mass is 305 g/mol. The van der Waals surface area contributed by atoms with E-state index in [1.54, 1.807) is 25.2 Å². The Kier molecular flexibility index (Phi) is 4.85. The normalized spacial score (nSPS) is 12.0. The van der Waals surface area contributed by atoms with Crippen molar-refractivity contribution in [1.82, 2.24) is 15.0 Å². The molecule has 0 bridgehead atoms. The summed E-state index contributed by atoms with van der Waals surface area (Å²) < 4.78 is 0. The maximum Gasteiger partial charge on any atom is 0.234 e. The molecular formula is C14H19N5OS. The summed E-state index contributed by atoms with van der Waals surface area (Å²) >= 11 is 1.73. The van der Waals surface area contributed by atoms with E-state index >= 15 is 0 Å². The number of rotatable bonds is 5. The van der Waals surface area contributed by atoms with Crippen molar-refractivity contribution in [3.63, 3.8) is 0 Å². The topological polar surface area (TPSA) is 79.8 Å². The highest BCUT2D eigenvalue weighted by molar-refractivity contribution is 7.12. The molecule has 2 rings (SSSR count). The van der Waals surface area contributed by atoms with E-state index in [0.717, 1.165) is 0 Å². The first kappa shape index (κ1) is 15.4. The van der Waals surface area contributed by atoms with Crippen LogP contribution in [0, 0.1) is 13.8 Å². The van der Waals surface area contributed by atoms with Crippen molar-refractivity contribution in [2.75, 3.05) is 10.6 Å². The molecule has 6 nitrogen and oxygen atoms in total. The van der Waals surface area contributed by atoms with Gasteiger partial charge in [-0.05, 0) is 32.9 Å². The highest BCUT2D eigenvalue weighted by Crippen LogP contribution is 2.24. The van der Waals surface area contributed by atoms with Crippen molar-refractivity contribution in [1.29, 1.82) is 0 Å². The van der Waals surface area contributed by atoms with Crippen molar-refractivity contribution < 1.29 is 4.79 Å². The van der Waals surface area contributed by atoms with Crippen LogP contribution in [0.1, 0.15) is 41.9 Å². The molecule has 0 aliphatic heterocycles. The summed E-state index contributed by atoms with van der Waals surface area (Å²) in [6.45, 7) is 7.68. The first-order valence-electron chi connectivity index (χ1n) is 6.83. The van der Waals surface area contributed by atoms with Crippen molar-refractivity contribution >= 4 is 29.1 Å². The highest BCUT2D eigenvalue weighted by atomic mass is 32.1. The van der Waals surface area contributed by atoms with Crippen LogP contribution in [0.3, 0.4) is 0 Å². The van der Waals surface area contributed by atoms with E-state index in [4.69, 9.17) is 0 Å². The van der Waals surface area contributed by atoms with Gasteiger partial charge >= 0.3 is 0 Å². The molecule has 1 unspecified atom stereocenters. The molecule has 0 fully saturated rings. The Hall–Kier alpha value is -2.02. The highest BCUT2D eigenvalue weighted by Gasteiger charge is 2.11. The molecule has 1 amide bonds. The van der Waals surface area contributed by atoms with Crippen LogP contribution in [-0.2, 0) is 4.79 Å². The Morgan fingerprint density at radius 3 is 2.57 bits per heavy atom. The van der Waals surface area contributed by atoms with Gasteiger partial charge in [0.2, 0.25) is 17.8 Å². The van der Waals surface area contributed by atoms with E-state index < -0.39 is 0 Å². The molecule has 0 aromatic carbocycles. The van der Waals surface area contributed by atoms with Gasteiger partial charge in [-0.15, -0.1) is 11.3 Å². The zero-order valence-corrected chi connectivity index (χ0v) is 13.4. The second-order valence-corrected chi connectivity index (χ2v) is 6.07. The smallest absolute Gasteiger partial charge is 0.234 e. The molecular weight excluding hydrogens is 286 g/mol. The number of aryl methyl sites for hydroxylation is 2. The SMILES string of the molecule is CCC(=O)Nc1nc(C)nc(NC(C)c2ccc(C)s2)n1. The molecule has 21 heavy (non-hydrogen) atoms. The molecule has 7 heteroatoms. The fraction of sp³-hybridized carbons (Fsp3) is 0.429. The average Bonchev–Trinajstić information content (AvgIpc) is 2.84. The molecule has 0 aliphatic carbocycles. The first-order valence-corrected chi connectivity index (χ1v) is 7.65. The number of aromatic nitrogens is 3. The molecule has 112 valence electrons. The number of amides is 1. The molecule has 2 heterocycles. The van der Waals surface area contributed by atoms with Gasteiger partial charge in [-0.3, -0.25) is 10.1 Å². The van der Waals surface area contributed by atoms with Crippen LogP contribution in [0.5, 0.6) is 0 Å². The van der Waals surface area contributed by atoms with Crippen molar-refractivity contribution in [2.24, 2.45) is 0 Å². The maximum absolute atomic E-state index is 11.4.